The number of halogens is 1. The average Bonchev–Trinajstić information content (AvgIpc) is 2.96. The Morgan fingerprint density at radius 2 is 2.21 bits per heavy atom. The van der Waals surface area contributed by atoms with Crippen molar-refractivity contribution in [2.24, 2.45) is 0 Å². The number of nitrogens with zero attached hydrogens (tertiary/aromatic N) is 2. The first-order valence-electron chi connectivity index (χ1n) is 4.33. The molecule has 0 aliphatic carbocycles. The number of rotatable bonds is 3. The molecule has 0 amide bonds. The minimum atomic E-state index is -0.0534. The highest BCUT2D eigenvalue weighted by atomic mass is 35.5. The first-order valence-corrected chi connectivity index (χ1v) is 4.71. The molecule has 0 N–H and O–H groups in total. The molecule has 1 fully saturated rings. The zero-order valence-corrected chi connectivity index (χ0v) is 8.24. The van der Waals surface area contributed by atoms with E-state index in [2.05, 4.69) is 6.07 Å². The smallest absolute Gasteiger partial charge is 0.137 e. The van der Waals surface area contributed by atoms with Crippen molar-refractivity contribution in [1.82, 2.24) is 5.06 Å². The Balaban J connectivity index is 1.82. The molecule has 2 atom stereocenters. The van der Waals surface area contributed by atoms with Crippen LogP contribution in [0.3, 0.4) is 0 Å². The summed E-state index contributed by atoms with van der Waals surface area (Å²) >= 11 is 5.74. The van der Waals surface area contributed by atoms with E-state index in [1.54, 1.807) is 5.06 Å². The van der Waals surface area contributed by atoms with Crippen LogP contribution in [0.25, 0.3) is 0 Å². The lowest BCUT2D eigenvalue weighted by atomic mass is 10.2. The Morgan fingerprint density at radius 3 is 2.79 bits per heavy atom. The van der Waals surface area contributed by atoms with Gasteiger partial charge in [-0.25, -0.2) is 0 Å². The van der Waals surface area contributed by atoms with Crippen LogP contribution in [0, 0.1) is 11.3 Å². The normalized spacial score (nSPS) is 24.3. The molecule has 3 nitrogen and oxygen atoms in total. The highest BCUT2D eigenvalue weighted by Crippen LogP contribution is 2.18. The molecule has 0 aromatic heterocycles. The molecule has 1 aromatic carbocycles. The fraction of sp³-hybridized carbons (Fsp3) is 0.300. The van der Waals surface area contributed by atoms with E-state index in [1.807, 2.05) is 24.3 Å². The van der Waals surface area contributed by atoms with E-state index < -0.39 is 0 Å². The van der Waals surface area contributed by atoms with Crippen molar-refractivity contribution >= 4 is 11.6 Å². The zero-order valence-electron chi connectivity index (χ0n) is 7.48. The van der Waals surface area contributed by atoms with Crippen LogP contribution in [0.4, 0.5) is 0 Å². The third-order valence-electron chi connectivity index (χ3n) is 2.03. The van der Waals surface area contributed by atoms with Gasteiger partial charge < -0.3 is 0 Å². The second-order valence-electron chi connectivity index (χ2n) is 3.14. The van der Waals surface area contributed by atoms with E-state index in [1.165, 1.54) is 0 Å². The van der Waals surface area contributed by atoms with Gasteiger partial charge in [0.1, 0.15) is 6.04 Å². The van der Waals surface area contributed by atoms with E-state index in [4.69, 9.17) is 21.7 Å². The summed E-state index contributed by atoms with van der Waals surface area (Å²) in [6.07, 6.45) is 0. The van der Waals surface area contributed by atoms with Gasteiger partial charge in [0, 0.05) is 5.02 Å². The van der Waals surface area contributed by atoms with Crippen molar-refractivity contribution < 1.29 is 4.84 Å². The van der Waals surface area contributed by atoms with Crippen molar-refractivity contribution in [3.8, 4) is 6.07 Å². The Morgan fingerprint density at radius 1 is 1.50 bits per heavy atom. The summed E-state index contributed by atoms with van der Waals surface area (Å²) in [5.74, 6) is 0. The van der Waals surface area contributed by atoms with Gasteiger partial charge in [-0.2, -0.15) is 10.3 Å². The van der Waals surface area contributed by atoms with Gasteiger partial charge in [-0.05, 0) is 17.7 Å². The van der Waals surface area contributed by atoms with Crippen LogP contribution < -0.4 is 0 Å². The van der Waals surface area contributed by atoms with E-state index in [9.17, 15) is 0 Å². The second-order valence-corrected chi connectivity index (χ2v) is 3.58. The molecule has 4 heteroatoms. The largest absolute Gasteiger partial charge is 0.293 e. The minimum absolute atomic E-state index is 0.0534. The fourth-order valence-electron chi connectivity index (χ4n) is 1.11. The van der Waals surface area contributed by atoms with Gasteiger partial charge in [0.25, 0.3) is 0 Å². The molecular weight excluding hydrogens is 200 g/mol. The molecule has 2 unspecified atom stereocenters. The van der Waals surface area contributed by atoms with Crippen LogP contribution in [-0.4, -0.2) is 17.6 Å². The van der Waals surface area contributed by atoms with Gasteiger partial charge in [-0.1, -0.05) is 23.7 Å². The summed E-state index contributed by atoms with van der Waals surface area (Å²) in [5, 5.41) is 10.9. The molecule has 0 radical (unpaired) electrons. The molecule has 0 spiro atoms. The third-order valence-corrected chi connectivity index (χ3v) is 2.28. The van der Waals surface area contributed by atoms with Crippen molar-refractivity contribution in [3.05, 3.63) is 34.9 Å². The van der Waals surface area contributed by atoms with Crippen LogP contribution in [-0.2, 0) is 11.4 Å². The molecule has 1 heterocycles. The Hall–Kier alpha value is -1.08. The Labute approximate surface area is 87.4 Å². The molecule has 1 aliphatic heterocycles. The van der Waals surface area contributed by atoms with Gasteiger partial charge in [-0.15, -0.1) is 0 Å². The van der Waals surface area contributed by atoms with Crippen molar-refractivity contribution in [3.63, 3.8) is 0 Å². The highest BCUT2D eigenvalue weighted by Gasteiger charge is 2.35. The SMILES string of the molecule is N#CC1CN1OCc1ccc(Cl)cc1. The molecule has 0 bridgehead atoms. The number of nitriles is 1. The summed E-state index contributed by atoms with van der Waals surface area (Å²) in [7, 11) is 0. The van der Waals surface area contributed by atoms with E-state index in [0.717, 1.165) is 10.6 Å². The topological polar surface area (TPSA) is 36.0 Å². The quantitative estimate of drug-likeness (QED) is 0.713. The fourth-order valence-corrected chi connectivity index (χ4v) is 1.24. The number of hydrogen-bond acceptors (Lipinski definition) is 3. The summed E-state index contributed by atoms with van der Waals surface area (Å²) in [5.41, 5.74) is 1.05. The lowest BCUT2D eigenvalue weighted by molar-refractivity contribution is -0.0826. The monoisotopic (exact) mass is 208 g/mol. The summed E-state index contributed by atoms with van der Waals surface area (Å²) in [6, 6.07) is 9.53. The van der Waals surface area contributed by atoms with Gasteiger partial charge in [0.05, 0.1) is 19.2 Å². The van der Waals surface area contributed by atoms with E-state index >= 15 is 0 Å². The molecule has 1 saturated heterocycles. The predicted molar refractivity (Wildman–Crippen MR) is 52.3 cm³/mol. The molecule has 72 valence electrons. The maximum Gasteiger partial charge on any atom is 0.137 e. The van der Waals surface area contributed by atoms with Gasteiger partial charge >= 0.3 is 0 Å². The highest BCUT2D eigenvalue weighted by molar-refractivity contribution is 6.30. The second kappa shape index (κ2) is 3.97. The molecule has 2 rings (SSSR count). The number of benzene rings is 1. The van der Waals surface area contributed by atoms with Crippen LogP contribution in [0.5, 0.6) is 0 Å². The summed E-state index contributed by atoms with van der Waals surface area (Å²) in [4.78, 5) is 5.35. The van der Waals surface area contributed by atoms with E-state index in [-0.39, 0.29) is 6.04 Å². The summed E-state index contributed by atoms with van der Waals surface area (Å²) < 4.78 is 0. The van der Waals surface area contributed by atoms with Crippen LogP contribution >= 0.6 is 11.6 Å². The van der Waals surface area contributed by atoms with Crippen LogP contribution in [0.2, 0.25) is 5.02 Å². The predicted octanol–water partition coefficient (Wildman–Crippen LogP) is 1.98. The maximum absolute atomic E-state index is 8.52. The van der Waals surface area contributed by atoms with Crippen LogP contribution in [0.1, 0.15) is 5.56 Å². The third kappa shape index (κ3) is 2.24. The van der Waals surface area contributed by atoms with Crippen molar-refractivity contribution in [1.29, 1.82) is 5.26 Å². The molecule has 1 aliphatic rings. The van der Waals surface area contributed by atoms with Crippen molar-refractivity contribution in [2.45, 2.75) is 12.6 Å². The molecule has 0 saturated carbocycles. The molecule has 1 aromatic rings. The van der Waals surface area contributed by atoms with Crippen molar-refractivity contribution in [2.75, 3.05) is 6.54 Å². The van der Waals surface area contributed by atoms with Gasteiger partial charge in [0.2, 0.25) is 0 Å². The Bertz CT molecular complexity index is 357. The first kappa shape index (κ1) is 9.47. The molecular formula is C10H9ClN2O. The standard InChI is InChI=1S/C10H9ClN2O/c11-9-3-1-8(2-4-9)7-14-13-6-10(13)5-12/h1-4,10H,6-7H2. The number of hydroxylamine groups is 2. The van der Waals surface area contributed by atoms with Gasteiger partial charge in [0.15, 0.2) is 0 Å². The summed E-state index contributed by atoms with van der Waals surface area (Å²) in [6.45, 7) is 1.21. The lowest BCUT2D eigenvalue weighted by Gasteiger charge is -2.03. The number of hydrogen-bond donors (Lipinski definition) is 0. The minimum Gasteiger partial charge on any atom is -0.293 e. The average molecular weight is 209 g/mol. The zero-order chi connectivity index (χ0) is 9.97. The van der Waals surface area contributed by atoms with Gasteiger partial charge in [-0.3, -0.25) is 4.84 Å². The van der Waals surface area contributed by atoms with Crippen LogP contribution in [0.15, 0.2) is 24.3 Å². The maximum atomic E-state index is 8.52. The molecule has 14 heavy (non-hydrogen) atoms. The first-order chi connectivity index (χ1) is 6.79. The Kier molecular flexibility index (Phi) is 2.69. The van der Waals surface area contributed by atoms with E-state index in [0.29, 0.717) is 13.2 Å². The lowest BCUT2D eigenvalue weighted by Crippen LogP contribution is -2.02.